The van der Waals surface area contributed by atoms with Crippen LogP contribution in [0.3, 0.4) is 0 Å². The van der Waals surface area contributed by atoms with Crippen molar-refractivity contribution in [2.24, 2.45) is 0 Å². The van der Waals surface area contributed by atoms with Crippen molar-refractivity contribution in [2.75, 3.05) is 16.3 Å². The molecule has 31 heavy (non-hydrogen) atoms. The van der Waals surface area contributed by atoms with E-state index in [2.05, 4.69) is 10.0 Å². The highest BCUT2D eigenvalue weighted by atomic mass is 32.2. The lowest BCUT2D eigenvalue weighted by atomic mass is 10.1. The van der Waals surface area contributed by atoms with E-state index in [9.17, 15) is 13.2 Å². The van der Waals surface area contributed by atoms with Crippen molar-refractivity contribution >= 4 is 38.6 Å². The molecule has 156 valence electrons. The number of aromatic nitrogens is 1. The maximum absolute atomic E-state index is 12.5. The van der Waals surface area contributed by atoms with E-state index in [1.54, 1.807) is 35.6 Å². The van der Waals surface area contributed by atoms with Crippen LogP contribution >= 0.6 is 11.3 Å². The van der Waals surface area contributed by atoms with Crippen LogP contribution in [0.1, 0.15) is 10.4 Å². The van der Waals surface area contributed by atoms with Gasteiger partial charge in [0.15, 0.2) is 0 Å². The van der Waals surface area contributed by atoms with Gasteiger partial charge in [-0.25, -0.2) is 13.4 Å². The summed E-state index contributed by atoms with van der Waals surface area (Å²) in [5.41, 5.74) is 4.42. The molecule has 3 aromatic carbocycles. The lowest BCUT2D eigenvalue weighted by Crippen LogP contribution is -2.13. The number of carbonyl (C=O) groups excluding carboxylic acids is 1. The number of carbonyl (C=O) groups is 1. The summed E-state index contributed by atoms with van der Waals surface area (Å²) in [5.74, 6) is -0.279. The van der Waals surface area contributed by atoms with Crippen LogP contribution in [0.5, 0.6) is 0 Å². The number of nitrogens with zero attached hydrogens (tertiary/aromatic N) is 1. The second-order valence-corrected chi connectivity index (χ2v) is 9.49. The van der Waals surface area contributed by atoms with E-state index in [-0.39, 0.29) is 5.91 Å². The SMILES string of the molecule is CS(=O)(=O)Nc1ccc(C(=O)Nc2ccc(-c3csc(-c4ccccc4)n3)cc2)cc1. The van der Waals surface area contributed by atoms with Gasteiger partial charge in [-0.2, -0.15) is 0 Å². The average molecular weight is 450 g/mol. The van der Waals surface area contributed by atoms with Gasteiger partial charge in [-0.1, -0.05) is 42.5 Å². The molecule has 4 aromatic rings. The maximum atomic E-state index is 12.5. The number of benzene rings is 3. The maximum Gasteiger partial charge on any atom is 0.255 e. The van der Waals surface area contributed by atoms with Crippen LogP contribution < -0.4 is 10.0 Å². The molecule has 2 N–H and O–H groups in total. The Kier molecular flexibility index (Phi) is 5.83. The minimum Gasteiger partial charge on any atom is -0.322 e. The topological polar surface area (TPSA) is 88.2 Å². The van der Waals surface area contributed by atoms with Gasteiger partial charge in [0.05, 0.1) is 11.9 Å². The second-order valence-electron chi connectivity index (χ2n) is 6.89. The van der Waals surface area contributed by atoms with Crippen molar-refractivity contribution in [1.82, 2.24) is 4.98 Å². The number of thiazole rings is 1. The van der Waals surface area contributed by atoms with Crippen LogP contribution in [0.2, 0.25) is 0 Å². The van der Waals surface area contributed by atoms with Gasteiger partial charge in [0.1, 0.15) is 5.01 Å². The predicted octanol–water partition coefficient (Wildman–Crippen LogP) is 5.10. The summed E-state index contributed by atoms with van der Waals surface area (Å²) in [6, 6.07) is 23.7. The van der Waals surface area contributed by atoms with E-state index in [0.29, 0.717) is 16.9 Å². The van der Waals surface area contributed by atoms with Gasteiger partial charge in [-0.05, 0) is 36.4 Å². The number of hydrogen-bond donors (Lipinski definition) is 2. The molecule has 0 bridgehead atoms. The normalized spacial score (nSPS) is 11.1. The van der Waals surface area contributed by atoms with Gasteiger partial charge >= 0.3 is 0 Å². The van der Waals surface area contributed by atoms with Gasteiger partial charge in [0.25, 0.3) is 5.91 Å². The van der Waals surface area contributed by atoms with Crippen LogP contribution in [0.4, 0.5) is 11.4 Å². The van der Waals surface area contributed by atoms with Crippen molar-refractivity contribution in [3.8, 4) is 21.8 Å². The lowest BCUT2D eigenvalue weighted by Gasteiger charge is -2.08. The molecule has 0 fully saturated rings. The summed E-state index contributed by atoms with van der Waals surface area (Å²) < 4.78 is 24.9. The van der Waals surface area contributed by atoms with Crippen LogP contribution in [0, 0.1) is 0 Å². The summed E-state index contributed by atoms with van der Waals surface area (Å²) in [6.45, 7) is 0. The van der Waals surface area contributed by atoms with E-state index in [4.69, 9.17) is 4.98 Å². The first-order valence-corrected chi connectivity index (χ1v) is 12.2. The molecule has 8 heteroatoms. The first-order chi connectivity index (χ1) is 14.9. The van der Waals surface area contributed by atoms with Gasteiger partial charge < -0.3 is 5.32 Å². The van der Waals surface area contributed by atoms with Crippen LogP contribution in [-0.4, -0.2) is 25.6 Å². The molecule has 0 aliphatic carbocycles. The fraction of sp³-hybridized carbons (Fsp3) is 0.0435. The van der Waals surface area contributed by atoms with E-state index in [1.165, 1.54) is 0 Å². The highest BCUT2D eigenvalue weighted by Gasteiger charge is 2.09. The van der Waals surface area contributed by atoms with E-state index in [0.717, 1.165) is 28.1 Å². The molecule has 0 aliphatic heterocycles. The Morgan fingerprint density at radius 2 is 1.48 bits per heavy atom. The van der Waals surface area contributed by atoms with E-state index < -0.39 is 10.0 Å². The fourth-order valence-electron chi connectivity index (χ4n) is 2.95. The molecule has 1 heterocycles. The molecule has 1 aromatic heterocycles. The van der Waals surface area contributed by atoms with Gasteiger partial charge in [-0.15, -0.1) is 11.3 Å². The molecule has 0 aliphatic rings. The fourth-order valence-corrected chi connectivity index (χ4v) is 4.35. The van der Waals surface area contributed by atoms with E-state index in [1.807, 2.05) is 60.0 Å². The Morgan fingerprint density at radius 3 is 2.13 bits per heavy atom. The van der Waals surface area contributed by atoms with Crippen molar-refractivity contribution < 1.29 is 13.2 Å². The Bertz CT molecular complexity index is 1300. The molecular weight excluding hydrogens is 430 g/mol. The molecule has 0 spiro atoms. The first-order valence-electron chi connectivity index (χ1n) is 9.38. The third kappa shape index (κ3) is 5.36. The third-order valence-electron chi connectivity index (χ3n) is 4.41. The van der Waals surface area contributed by atoms with Crippen molar-refractivity contribution in [3.05, 3.63) is 89.8 Å². The average Bonchev–Trinajstić information content (AvgIpc) is 3.25. The Balaban J connectivity index is 1.43. The zero-order valence-corrected chi connectivity index (χ0v) is 18.2. The molecule has 0 unspecified atom stereocenters. The molecule has 0 saturated carbocycles. The zero-order valence-electron chi connectivity index (χ0n) is 16.6. The highest BCUT2D eigenvalue weighted by Crippen LogP contribution is 2.29. The van der Waals surface area contributed by atoms with Crippen molar-refractivity contribution in [2.45, 2.75) is 0 Å². The van der Waals surface area contributed by atoms with Crippen molar-refractivity contribution in [1.29, 1.82) is 0 Å². The largest absolute Gasteiger partial charge is 0.322 e. The van der Waals surface area contributed by atoms with Crippen molar-refractivity contribution in [3.63, 3.8) is 0 Å². The number of rotatable bonds is 6. The molecular formula is C23H19N3O3S2. The smallest absolute Gasteiger partial charge is 0.255 e. The molecule has 0 saturated heterocycles. The summed E-state index contributed by atoms with van der Waals surface area (Å²) in [4.78, 5) is 17.2. The Hall–Kier alpha value is -3.49. The third-order valence-corrected chi connectivity index (χ3v) is 5.91. The summed E-state index contributed by atoms with van der Waals surface area (Å²) in [5, 5.41) is 5.82. The van der Waals surface area contributed by atoms with Gasteiger partial charge in [-0.3, -0.25) is 9.52 Å². The minimum atomic E-state index is -3.36. The summed E-state index contributed by atoms with van der Waals surface area (Å²) in [7, 11) is -3.36. The van der Waals surface area contributed by atoms with Gasteiger partial charge in [0.2, 0.25) is 10.0 Å². The minimum absolute atomic E-state index is 0.279. The van der Waals surface area contributed by atoms with Crippen LogP contribution in [0.15, 0.2) is 84.2 Å². The molecule has 1 amide bonds. The number of amides is 1. The zero-order chi connectivity index (χ0) is 21.8. The second kappa shape index (κ2) is 8.71. The number of anilines is 2. The molecule has 4 rings (SSSR count). The van der Waals surface area contributed by atoms with Crippen LogP contribution in [-0.2, 0) is 10.0 Å². The Labute approximate surface area is 184 Å². The Morgan fingerprint density at radius 1 is 0.839 bits per heavy atom. The summed E-state index contributed by atoms with van der Waals surface area (Å²) >= 11 is 1.59. The first kappa shape index (κ1) is 20.8. The van der Waals surface area contributed by atoms with E-state index >= 15 is 0 Å². The standard InChI is InChI=1S/C23H19N3O3S2/c1-31(28,29)26-20-13-9-17(10-14-20)22(27)24-19-11-7-16(8-12-19)21-15-30-23(25-21)18-5-3-2-4-6-18/h2-15,26H,1H3,(H,24,27). The lowest BCUT2D eigenvalue weighted by molar-refractivity contribution is 0.102. The number of hydrogen-bond acceptors (Lipinski definition) is 5. The highest BCUT2D eigenvalue weighted by molar-refractivity contribution is 7.92. The predicted molar refractivity (Wildman–Crippen MR) is 126 cm³/mol. The summed E-state index contributed by atoms with van der Waals surface area (Å²) in [6.07, 6.45) is 1.07. The molecule has 0 radical (unpaired) electrons. The monoisotopic (exact) mass is 449 g/mol. The molecule has 6 nitrogen and oxygen atoms in total. The number of nitrogens with one attached hydrogen (secondary N) is 2. The van der Waals surface area contributed by atoms with Gasteiger partial charge in [0, 0.05) is 33.4 Å². The van der Waals surface area contributed by atoms with Crippen LogP contribution in [0.25, 0.3) is 21.8 Å². The quantitative estimate of drug-likeness (QED) is 0.429. The number of sulfonamides is 1. The molecule has 0 atom stereocenters.